The van der Waals surface area contributed by atoms with Gasteiger partial charge in [-0.25, -0.2) is 4.79 Å². The van der Waals surface area contributed by atoms with E-state index in [0.717, 1.165) is 16.5 Å². The maximum absolute atomic E-state index is 12.4. The number of aromatic nitrogens is 1. The van der Waals surface area contributed by atoms with E-state index >= 15 is 0 Å². The van der Waals surface area contributed by atoms with Gasteiger partial charge in [-0.15, -0.1) is 0 Å². The number of esters is 1. The van der Waals surface area contributed by atoms with Crippen LogP contribution < -0.4 is 5.32 Å². The van der Waals surface area contributed by atoms with Crippen LogP contribution >= 0.6 is 0 Å². The second-order valence-electron chi connectivity index (χ2n) is 6.11. The van der Waals surface area contributed by atoms with E-state index in [1.165, 1.54) is 0 Å². The number of nitrogens with one attached hydrogen (secondary N) is 1. The Labute approximate surface area is 151 Å². The lowest BCUT2D eigenvalue weighted by molar-refractivity contribution is -0.115. The number of anilines is 1. The highest BCUT2D eigenvalue weighted by molar-refractivity contribution is 5.97. The van der Waals surface area contributed by atoms with Crippen molar-refractivity contribution in [2.45, 2.75) is 27.2 Å². The van der Waals surface area contributed by atoms with Crippen molar-refractivity contribution in [1.82, 2.24) is 5.16 Å². The van der Waals surface area contributed by atoms with Crippen LogP contribution in [0, 0.1) is 13.8 Å². The molecule has 6 nitrogen and oxygen atoms in total. The summed E-state index contributed by atoms with van der Waals surface area (Å²) in [5.41, 5.74) is 4.28. The number of hydrogen-bond acceptors (Lipinski definition) is 5. The van der Waals surface area contributed by atoms with Gasteiger partial charge in [0.2, 0.25) is 5.91 Å². The molecule has 1 N–H and O–H groups in total. The van der Waals surface area contributed by atoms with E-state index in [4.69, 9.17) is 9.26 Å². The van der Waals surface area contributed by atoms with Crippen LogP contribution in [-0.2, 0) is 16.0 Å². The minimum absolute atomic E-state index is 0.0829. The van der Waals surface area contributed by atoms with Crippen LogP contribution in [0.5, 0.6) is 0 Å². The average molecular weight is 352 g/mol. The molecule has 0 saturated heterocycles. The molecule has 0 aliphatic rings. The van der Waals surface area contributed by atoms with Gasteiger partial charge in [0.05, 0.1) is 18.6 Å². The predicted octanol–water partition coefficient (Wildman–Crippen LogP) is 3.80. The van der Waals surface area contributed by atoms with Crippen molar-refractivity contribution in [3.63, 3.8) is 0 Å². The van der Waals surface area contributed by atoms with Crippen molar-refractivity contribution in [2.24, 2.45) is 0 Å². The van der Waals surface area contributed by atoms with Gasteiger partial charge in [-0.2, -0.15) is 0 Å². The summed E-state index contributed by atoms with van der Waals surface area (Å²) < 4.78 is 10.3. The minimum atomic E-state index is -0.419. The number of rotatable bonds is 5. The van der Waals surface area contributed by atoms with E-state index in [9.17, 15) is 9.59 Å². The number of hydrogen-bond donors (Lipinski definition) is 1. The maximum Gasteiger partial charge on any atom is 0.338 e. The first-order valence-electron chi connectivity index (χ1n) is 8.40. The zero-order valence-corrected chi connectivity index (χ0v) is 15.0. The number of carbonyl (C=O) groups is 2. The van der Waals surface area contributed by atoms with Gasteiger partial charge in [-0.05, 0) is 56.2 Å². The second-order valence-corrected chi connectivity index (χ2v) is 6.11. The third-order valence-corrected chi connectivity index (χ3v) is 3.96. The molecule has 134 valence electrons. The molecule has 6 heteroatoms. The summed E-state index contributed by atoms with van der Waals surface area (Å²) in [4.78, 5) is 24.2. The van der Waals surface area contributed by atoms with Gasteiger partial charge in [-0.1, -0.05) is 17.3 Å². The SMILES string of the molecule is CCOC(=O)c1cccc(NC(=O)Cc2noc3c(C)cc(C)cc23)c1. The Bertz CT molecular complexity index is 975. The molecule has 0 aliphatic heterocycles. The van der Waals surface area contributed by atoms with Crippen molar-refractivity contribution in [3.05, 3.63) is 58.8 Å². The van der Waals surface area contributed by atoms with Gasteiger partial charge in [0.1, 0.15) is 5.69 Å². The second kappa shape index (κ2) is 7.39. The molecule has 0 radical (unpaired) electrons. The van der Waals surface area contributed by atoms with Gasteiger partial charge >= 0.3 is 5.97 Å². The molecule has 1 amide bonds. The fraction of sp³-hybridized carbons (Fsp3) is 0.250. The normalized spacial score (nSPS) is 10.7. The number of ether oxygens (including phenoxy) is 1. The Hall–Kier alpha value is -3.15. The van der Waals surface area contributed by atoms with E-state index in [-0.39, 0.29) is 12.3 Å². The van der Waals surface area contributed by atoms with Gasteiger partial charge in [-0.3, -0.25) is 4.79 Å². The summed E-state index contributed by atoms with van der Waals surface area (Å²) in [6.45, 7) is 5.98. The monoisotopic (exact) mass is 352 g/mol. The van der Waals surface area contributed by atoms with Crippen molar-refractivity contribution >= 4 is 28.5 Å². The minimum Gasteiger partial charge on any atom is -0.462 e. The van der Waals surface area contributed by atoms with Crippen LogP contribution in [0.3, 0.4) is 0 Å². The number of carbonyl (C=O) groups excluding carboxylic acids is 2. The van der Waals surface area contributed by atoms with Crippen LogP contribution in [-0.4, -0.2) is 23.6 Å². The lowest BCUT2D eigenvalue weighted by Gasteiger charge is -2.07. The Kier molecular flexibility index (Phi) is 5.02. The van der Waals surface area contributed by atoms with E-state index < -0.39 is 5.97 Å². The topological polar surface area (TPSA) is 81.4 Å². The van der Waals surface area contributed by atoms with Gasteiger partial charge < -0.3 is 14.6 Å². The van der Waals surface area contributed by atoms with E-state index in [0.29, 0.717) is 29.1 Å². The summed E-state index contributed by atoms with van der Waals surface area (Å²) in [7, 11) is 0. The third-order valence-electron chi connectivity index (χ3n) is 3.96. The first-order chi connectivity index (χ1) is 12.5. The van der Waals surface area contributed by atoms with Crippen LogP contribution in [0.1, 0.15) is 34.1 Å². The molecule has 2 aromatic carbocycles. The Balaban J connectivity index is 1.76. The average Bonchev–Trinajstić information content (AvgIpc) is 2.98. The quantitative estimate of drug-likeness (QED) is 0.706. The summed E-state index contributed by atoms with van der Waals surface area (Å²) in [6, 6.07) is 10.6. The van der Waals surface area contributed by atoms with Crippen LogP contribution in [0.2, 0.25) is 0 Å². The number of aryl methyl sites for hydroxylation is 2. The molecule has 0 aliphatic carbocycles. The van der Waals surface area contributed by atoms with Crippen LogP contribution in [0.4, 0.5) is 5.69 Å². The maximum atomic E-state index is 12.4. The standard InChI is InChI=1S/C20H20N2O4/c1-4-25-20(24)14-6-5-7-15(10-14)21-18(23)11-17-16-9-12(2)8-13(3)19(16)26-22-17/h5-10H,4,11H2,1-3H3,(H,21,23). The van der Waals surface area contributed by atoms with E-state index in [2.05, 4.69) is 10.5 Å². The predicted molar refractivity (Wildman–Crippen MR) is 98.2 cm³/mol. The third kappa shape index (κ3) is 3.74. The molecule has 0 spiro atoms. The number of fused-ring (bicyclic) bond motifs is 1. The van der Waals surface area contributed by atoms with E-state index in [1.807, 2.05) is 26.0 Å². The summed E-state index contributed by atoms with van der Waals surface area (Å²) >= 11 is 0. The first kappa shape index (κ1) is 17.7. The van der Waals surface area contributed by atoms with E-state index in [1.54, 1.807) is 31.2 Å². The molecule has 0 atom stereocenters. The molecule has 0 fully saturated rings. The Morgan fingerprint density at radius 1 is 1.19 bits per heavy atom. The summed E-state index contributed by atoms with van der Waals surface area (Å²) in [6.07, 6.45) is 0.0829. The smallest absolute Gasteiger partial charge is 0.338 e. The highest BCUT2D eigenvalue weighted by atomic mass is 16.5. The largest absolute Gasteiger partial charge is 0.462 e. The van der Waals surface area contributed by atoms with Gasteiger partial charge in [0.15, 0.2) is 5.58 Å². The molecule has 0 unspecified atom stereocenters. The molecule has 26 heavy (non-hydrogen) atoms. The Morgan fingerprint density at radius 2 is 2.00 bits per heavy atom. The number of amides is 1. The lowest BCUT2D eigenvalue weighted by Crippen LogP contribution is -2.15. The molecular formula is C20H20N2O4. The summed E-state index contributed by atoms with van der Waals surface area (Å²) in [5, 5.41) is 7.67. The molecule has 1 heterocycles. The van der Waals surface area contributed by atoms with Crippen molar-refractivity contribution in [3.8, 4) is 0 Å². The highest BCUT2D eigenvalue weighted by Crippen LogP contribution is 2.24. The first-order valence-corrected chi connectivity index (χ1v) is 8.40. The number of benzene rings is 2. The van der Waals surface area contributed by atoms with Crippen molar-refractivity contribution in [1.29, 1.82) is 0 Å². The molecule has 0 bridgehead atoms. The van der Waals surface area contributed by atoms with Crippen LogP contribution in [0.25, 0.3) is 11.0 Å². The van der Waals surface area contributed by atoms with Crippen molar-refractivity contribution < 1.29 is 18.8 Å². The zero-order chi connectivity index (χ0) is 18.7. The molecule has 1 aromatic heterocycles. The lowest BCUT2D eigenvalue weighted by atomic mass is 10.1. The summed E-state index contributed by atoms with van der Waals surface area (Å²) in [5.74, 6) is -0.655. The Morgan fingerprint density at radius 3 is 2.77 bits per heavy atom. The highest BCUT2D eigenvalue weighted by Gasteiger charge is 2.15. The van der Waals surface area contributed by atoms with Gasteiger partial charge in [0, 0.05) is 11.1 Å². The fourth-order valence-corrected chi connectivity index (χ4v) is 2.86. The molecule has 0 saturated carbocycles. The fourth-order valence-electron chi connectivity index (χ4n) is 2.86. The zero-order valence-electron chi connectivity index (χ0n) is 15.0. The van der Waals surface area contributed by atoms with Crippen LogP contribution in [0.15, 0.2) is 40.9 Å². The molecular weight excluding hydrogens is 332 g/mol. The molecule has 3 aromatic rings. The molecule has 3 rings (SSSR count). The van der Waals surface area contributed by atoms with Crippen molar-refractivity contribution in [2.75, 3.05) is 11.9 Å². The number of nitrogens with zero attached hydrogens (tertiary/aromatic N) is 1. The van der Waals surface area contributed by atoms with Gasteiger partial charge in [0.25, 0.3) is 0 Å².